The van der Waals surface area contributed by atoms with Crippen LogP contribution >= 0.6 is 0 Å². The molecule has 0 aromatic rings. The largest absolute Gasteiger partial charge is 0.380 e. The molecular weight excluding hydrogens is 190 g/mol. The van der Waals surface area contributed by atoms with Crippen LogP contribution < -0.4 is 5.73 Å². The van der Waals surface area contributed by atoms with Crippen molar-refractivity contribution in [2.75, 3.05) is 46.9 Å². The van der Waals surface area contributed by atoms with Crippen molar-refractivity contribution in [1.82, 2.24) is 9.80 Å². The molecule has 15 heavy (non-hydrogen) atoms. The van der Waals surface area contributed by atoms with Gasteiger partial charge in [0.15, 0.2) is 0 Å². The second kappa shape index (κ2) is 6.43. The van der Waals surface area contributed by atoms with Crippen LogP contribution in [-0.4, -0.2) is 68.8 Å². The second-order valence-corrected chi connectivity index (χ2v) is 4.55. The zero-order valence-electron chi connectivity index (χ0n) is 10.3. The first-order valence-corrected chi connectivity index (χ1v) is 5.85. The van der Waals surface area contributed by atoms with E-state index in [-0.39, 0.29) is 6.04 Å². The summed E-state index contributed by atoms with van der Waals surface area (Å²) in [7, 11) is 4.36. The Balaban J connectivity index is 2.28. The Morgan fingerprint density at radius 3 is 2.80 bits per heavy atom. The molecule has 4 heteroatoms. The van der Waals surface area contributed by atoms with Crippen LogP contribution in [0, 0.1) is 0 Å². The van der Waals surface area contributed by atoms with Crippen molar-refractivity contribution in [3.63, 3.8) is 0 Å². The maximum atomic E-state index is 6.03. The Morgan fingerprint density at radius 2 is 2.13 bits per heavy atom. The summed E-state index contributed by atoms with van der Waals surface area (Å²) < 4.78 is 5.34. The molecule has 0 radical (unpaired) electrons. The molecule has 0 spiro atoms. The molecule has 1 heterocycles. The van der Waals surface area contributed by atoms with Gasteiger partial charge < -0.3 is 20.3 Å². The van der Waals surface area contributed by atoms with Gasteiger partial charge >= 0.3 is 0 Å². The van der Waals surface area contributed by atoms with Crippen molar-refractivity contribution < 1.29 is 4.74 Å². The lowest BCUT2D eigenvalue weighted by Crippen LogP contribution is -2.52. The first-order chi connectivity index (χ1) is 7.13. The molecule has 90 valence electrons. The third-order valence-corrected chi connectivity index (χ3v) is 3.09. The van der Waals surface area contributed by atoms with Gasteiger partial charge in [-0.3, -0.25) is 0 Å². The molecule has 2 atom stereocenters. The molecule has 0 aromatic heterocycles. The predicted molar refractivity (Wildman–Crippen MR) is 63.0 cm³/mol. The standard InChI is InChI=1S/C11H25N3O/c1-4-15-9-10(12)7-11-8-13(2)5-6-14(11)3/h10-11H,4-9,12H2,1-3H3. The lowest BCUT2D eigenvalue weighted by Gasteiger charge is -2.38. The Morgan fingerprint density at radius 1 is 1.40 bits per heavy atom. The molecule has 0 aromatic carbocycles. The van der Waals surface area contributed by atoms with Gasteiger partial charge in [0, 0.05) is 38.3 Å². The number of hydrogen-bond acceptors (Lipinski definition) is 4. The van der Waals surface area contributed by atoms with Crippen LogP contribution in [0.5, 0.6) is 0 Å². The fraction of sp³-hybridized carbons (Fsp3) is 1.00. The summed E-state index contributed by atoms with van der Waals surface area (Å²) in [5.74, 6) is 0. The number of piperazine rings is 1. The van der Waals surface area contributed by atoms with Crippen LogP contribution in [0.4, 0.5) is 0 Å². The van der Waals surface area contributed by atoms with Gasteiger partial charge in [-0.05, 0) is 27.4 Å². The van der Waals surface area contributed by atoms with E-state index in [1.165, 1.54) is 0 Å². The smallest absolute Gasteiger partial charge is 0.0617 e. The van der Waals surface area contributed by atoms with Crippen molar-refractivity contribution >= 4 is 0 Å². The van der Waals surface area contributed by atoms with Gasteiger partial charge in [-0.2, -0.15) is 0 Å². The minimum Gasteiger partial charge on any atom is -0.380 e. The SMILES string of the molecule is CCOCC(N)CC1CN(C)CCN1C. The first kappa shape index (κ1) is 12.9. The summed E-state index contributed by atoms with van der Waals surface area (Å²) in [6.45, 7) is 6.87. The maximum Gasteiger partial charge on any atom is 0.0617 e. The monoisotopic (exact) mass is 215 g/mol. The minimum absolute atomic E-state index is 0.170. The number of hydrogen-bond donors (Lipinski definition) is 1. The third kappa shape index (κ3) is 4.47. The van der Waals surface area contributed by atoms with E-state index in [2.05, 4.69) is 23.9 Å². The van der Waals surface area contributed by atoms with E-state index in [4.69, 9.17) is 10.5 Å². The van der Waals surface area contributed by atoms with Gasteiger partial charge in [0.05, 0.1) is 6.61 Å². The van der Waals surface area contributed by atoms with E-state index in [1.807, 2.05) is 6.92 Å². The predicted octanol–water partition coefficient (Wildman–Crippen LogP) is -0.0139. The zero-order valence-corrected chi connectivity index (χ0v) is 10.3. The number of rotatable bonds is 5. The van der Waals surface area contributed by atoms with E-state index < -0.39 is 0 Å². The molecule has 1 fully saturated rings. The van der Waals surface area contributed by atoms with E-state index in [9.17, 15) is 0 Å². The topological polar surface area (TPSA) is 41.7 Å². The molecule has 4 nitrogen and oxygen atoms in total. The molecule has 1 saturated heterocycles. The summed E-state index contributed by atoms with van der Waals surface area (Å²) in [5, 5.41) is 0. The second-order valence-electron chi connectivity index (χ2n) is 4.55. The number of nitrogens with zero attached hydrogens (tertiary/aromatic N) is 2. The molecular formula is C11H25N3O. The zero-order chi connectivity index (χ0) is 11.3. The fourth-order valence-corrected chi connectivity index (χ4v) is 2.04. The fourth-order valence-electron chi connectivity index (χ4n) is 2.04. The molecule has 1 aliphatic rings. The van der Waals surface area contributed by atoms with Crippen molar-refractivity contribution in [1.29, 1.82) is 0 Å². The summed E-state index contributed by atoms with van der Waals surface area (Å²) in [4.78, 5) is 4.78. The summed E-state index contributed by atoms with van der Waals surface area (Å²) in [6, 6.07) is 0.753. The average molecular weight is 215 g/mol. The molecule has 0 aliphatic carbocycles. The molecule has 0 saturated carbocycles. The summed E-state index contributed by atoms with van der Waals surface area (Å²) >= 11 is 0. The molecule has 0 amide bonds. The van der Waals surface area contributed by atoms with Crippen molar-refractivity contribution in [2.45, 2.75) is 25.4 Å². The highest BCUT2D eigenvalue weighted by Gasteiger charge is 2.23. The quantitative estimate of drug-likeness (QED) is 0.700. The summed E-state index contributed by atoms with van der Waals surface area (Å²) in [6.07, 6.45) is 1.03. The van der Waals surface area contributed by atoms with Gasteiger partial charge in [-0.15, -0.1) is 0 Å². The van der Waals surface area contributed by atoms with Crippen LogP contribution in [0.3, 0.4) is 0 Å². The number of likely N-dealkylation sites (N-methyl/N-ethyl adjacent to an activating group) is 2. The highest BCUT2D eigenvalue weighted by molar-refractivity contribution is 4.81. The molecule has 1 rings (SSSR count). The molecule has 1 aliphatic heterocycles. The van der Waals surface area contributed by atoms with Crippen LogP contribution in [0.1, 0.15) is 13.3 Å². The highest BCUT2D eigenvalue weighted by atomic mass is 16.5. The van der Waals surface area contributed by atoms with Gasteiger partial charge in [-0.25, -0.2) is 0 Å². The van der Waals surface area contributed by atoms with Gasteiger partial charge in [0.1, 0.15) is 0 Å². The average Bonchev–Trinajstić information content (AvgIpc) is 2.20. The number of ether oxygens (including phenoxy) is 1. The van der Waals surface area contributed by atoms with Crippen molar-refractivity contribution in [2.24, 2.45) is 5.73 Å². The normalized spacial score (nSPS) is 26.8. The minimum atomic E-state index is 0.170. The number of nitrogens with two attached hydrogens (primary N) is 1. The van der Waals surface area contributed by atoms with E-state index in [1.54, 1.807) is 0 Å². The van der Waals surface area contributed by atoms with Gasteiger partial charge in [-0.1, -0.05) is 0 Å². The lowest BCUT2D eigenvalue weighted by molar-refractivity contribution is 0.0824. The van der Waals surface area contributed by atoms with Crippen LogP contribution in [-0.2, 0) is 4.74 Å². The Kier molecular flexibility index (Phi) is 5.53. The third-order valence-electron chi connectivity index (χ3n) is 3.09. The lowest BCUT2D eigenvalue weighted by atomic mass is 10.0. The Bertz CT molecular complexity index is 177. The first-order valence-electron chi connectivity index (χ1n) is 5.85. The molecule has 2 unspecified atom stereocenters. The van der Waals surface area contributed by atoms with Crippen LogP contribution in [0.2, 0.25) is 0 Å². The van der Waals surface area contributed by atoms with Gasteiger partial charge in [0.25, 0.3) is 0 Å². The van der Waals surface area contributed by atoms with Crippen LogP contribution in [0.15, 0.2) is 0 Å². The molecule has 2 N–H and O–H groups in total. The van der Waals surface area contributed by atoms with E-state index in [0.717, 1.165) is 32.7 Å². The Labute approximate surface area is 93.4 Å². The highest BCUT2D eigenvalue weighted by Crippen LogP contribution is 2.11. The van der Waals surface area contributed by atoms with Crippen LogP contribution in [0.25, 0.3) is 0 Å². The molecule has 0 bridgehead atoms. The van der Waals surface area contributed by atoms with Crippen molar-refractivity contribution in [3.05, 3.63) is 0 Å². The maximum absolute atomic E-state index is 6.03. The van der Waals surface area contributed by atoms with E-state index >= 15 is 0 Å². The van der Waals surface area contributed by atoms with Crippen molar-refractivity contribution in [3.8, 4) is 0 Å². The Hall–Kier alpha value is -0.160. The van der Waals surface area contributed by atoms with E-state index in [0.29, 0.717) is 12.6 Å². The summed E-state index contributed by atoms with van der Waals surface area (Å²) in [5.41, 5.74) is 6.03. The van der Waals surface area contributed by atoms with Gasteiger partial charge in [0.2, 0.25) is 0 Å².